The largest absolute Gasteiger partial charge is 0.508 e. The minimum Gasteiger partial charge on any atom is -0.508 e. The molecule has 8 rings (SSSR count). The van der Waals surface area contributed by atoms with E-state index in [4.69, 9.17) is 9.47 Å². The SMILES string of the molecule is CCN(c1ccc(OCCCCCCCCC(=O)N[C@H](C(=O)N2C[C@H](O)C[C@H]2C(=O)NCc2ccc(-c3scnc3C)cc2)C(C)(C)C)cc1)S(=O)(=O)C1CC2OC1C(c1ccc(O)cc1)=C2c1ccc(O)cc1. The van der Waals surface area contributed by atoms with Gasteiger partial charge in [0.05, 0.1) is 40.6 Å². The molecule has 5 N–H and O–H groups in total. The topological polar surface area (TPSA) is 208 Å². The number of sulfonamides is 1. The van der Waals surface area contributed by atoms with Crippen LogP contribution in [0, 0.1) is 12.3 Å². The van der Waals surface area contributed by atoms with Gasteiger partial charge in [-0.1, -0.05) is 95.0 Å². The number of benzene rings is 4. The third-order valence-electron chi connectivity index (χ3n) is 14.2. The van der Waals surface area contributed by atoms with Gasteiger partial charge in [0.15, 0.2) is 0 Å². The number of carbonyl (C=O) groups excluding carboxylic acids is 3. The van der Waals surface area contributed by atoms with Crippen LogP contribution in [-0.2, 0) is 35.7 Å². The van der Waals surface area contributed by atoms with Gasteiger partial charge in [-0.2, -0.15) is 0 Å². The van der Waals surface area contributed by atoms with Crippen LogP contribution in [0.25, 0.3) is 21.6 Å². The first kappa shape index (κ1) is 54.0. The number of aromatic hydroxyl groups is 2. The zero-order valence-corrected chi connectivity index (χ0v) is 44.5. The number of aryl methyl sites for hydroxylation is 1. The number of hydrogen-bond donors (Lipinski definition) is 5. The summed E-state index contributed by atoms with van der Waals surface area (Å²) in [7, 11) is -3.90. The molecular weight excluding hydrogens is 979 g/mol. The summed E-state index contributed by atoms with van der Waals surface area (Å²) in [5.41, 5.74) is 7.88. The van der Waals surface area contributed by atoms with Crippen LogP contribution in [0.3, 0.4) is 0 Å². The third kappa shape index (κ3) is 12.5. The van der Waals surface area contributed by atoms with E-state index in [1.54, 1.807) is 84.1 Å². The predicted molar refractivity (Wildman–Crippen MR) is 288 cm³/mol. The molecule has 3 aliphatic rings. The highest BCUT2D eigenvalue weighted by Gasteiger charge is 2.54. The van der Waals surface area contributed by atoms with E-state index in [0.717, 1.165) is 76.1 Å². The molecule has 4 aromatic carbocycles. The summed E-state index contributed by atoms with van der Waals surface area (Å²) in [5.74, 6) is -0.0899. The first-order valence-electron chi connectivity index (χ1n) is 25.7. The lowest BCUT2D eigenvalue weighted by molar-refractivity contribution is -0.144. The number of β-amino-alcohol motifs (C(OH)–C–C–N with tert-alkyl or cyclic N) is 1. The van der Waals surface area contributed by atoms with Crippen LogP contribution in [0.1, 0.15) is 108 Å². The number of aromatic nitrogens is 1. The van der Waals surface area contributed by atoms with Crippen molar-refractivity contribution in [2.75, 3.05) is 24.0 Å². The minimum absolute atomic E-state index is 0.0116. The number of thiazole rings is 1. The maximum atomic E-state index is 14.5. The lowest BCUT2D eigenvalue weighted by atomic mass is 9.83. The maximum Gasteiger partial charge on any atom is 0.246 e. The van der Waals surface area contributed by atoms with Crippen molar-refractivity contribution in [3.63, 3.8) is 0 Å². The summed E-state index contributed by atoms with van der Waals surface area (Å²) in [5, 5.41) is 35.6. The minimum atomic E-state index is -3.90. The van der Waals surface area contributed by atoms with Crippen molar-refractivity contribution in [1.82, 2.24) is 20.5 Å². The van der Waals surface area contributed by atoms with E-state index in [1.165, 1.54) is 9.21 Å². The number of likely N-dealkylation sites (tertiary alicyclic amines) is 1. The van der Waals surface area contributed by atoms with Crippen LogP contribution in [0.2, 0.25) is 0 Å². The van der Waals surface area contributed by atoms with Gasteiger partial charge in [0.25, 0.3) is 0 Å². The molecule has 394 valence electrons. The van der Waals surface area contributed by atoms with E-state index < -0.39 is 51.1 Å². The molecule has 0 aliphatic carbocycles. The van der Waals surface area contributed by atoms with Crippen LogP contribution in [-0.4, -0.2) is 107 Å². The molecule has 4 heterocycles. The molecule has 2 bridgehead atoms. The van der Waals surface area contributed by atoms with Crippen molar-refractivity contribution in [1.29, 1.82) is 0 Å². The second kappa shape index (κ2) is 23.5. The molecule has 3 unspecified atom stereocenters. The van der Waals surface area contributed by atoms with Gasteiger partial charge in [-0.3, -0.25) is 18.7 Å². The van der Waals surface area contributed by atoms with Gasteiger partial charge < -0.3 is 40.3 Å². The number of unbranched alkanes of at least 4 members (excludes halogenated alkanes) is 5. The lowest BCUT2D eigenvalue weighted by Crippen LogP contribution is -2.57. The number of amides is 3. The molecule has 0 radical (unpaired) electrons. The van der Waals surface area contributed by atoms with Crippen molar-refractivity contribution < 1.29 is 47.6 Å². The van der Waals surface area contributed by atoms with Gasteiger partial charge in [-0.25, -0.2) is 13.4 Å². The first-order chi connectivity index (χ1) is 35.4. The zero-order valence-electron chi connectivity index (χ0n) is 42.8. The average Bonchev–Trinajstić information content (AvgIpc) is 4.19. The molecule has 15 nitrogen and oxygen atoms in total. The third-order valence-corrected chi connectivity index (χ3v) is 17.5. The Kier molecular flexibility index (Phi) is 17.2. The second-order valence-electron chi connectivity index (χ2n) is 20.6. The van der Waals surface area contributed by atoms with Crippen molar-refractivity contribution in [2.24, 2.45) is 5.41 Å². The van der Waals surface area contributed by atoms with Crippen LogP contribution < -0.4 is 19.7 Å². The number of phenolic OH excluding ortho intramolecular Hbond substituents is 2. The predicted octanol–water partition coefficient (Wildman–Crippen LogP) is 8.76. The summed E-state index contributed by atoms with van der Waals surface area (Å²) in [4.78, 5) is 47.6. The van der Waals surface area contributed by atoms with Crippen molar-refractivity contribution in [3.8, 4) is 27.7 Å². The number of nitrogens with one attached hydrogen (secondary N) is 2. The van der Waals surface area contributed by atoms with E-state index in [1.807, 2.05) is 64.4 Å². The Morgan fingerprint density at radius 1 is 0.838 bits per heavy atom. The molecule has 6 atom stereocenters. The number of nitrogens with zero attached hydrogens (tertiary/aromatic N) is 3. The Morgan fingerprint density at radius 3 is 2.05 bits per heavy atom. The Bertz CT molecular complexity index is 2880. The molecule has 5 aromatic rings. The molecule has 17 heteroatoms. The highest BCUT2D eigenvalue weighted by atomic mass is 32.2. The number of carbonyl (C=O) groups is 3. The Balaban J connectivity index is 0.752. The number of hydrogen-bond acceptors (Lipinski definition) is 12. The zero-order chi connectivity index (χ0) is 52.7. The summed E-state index contributed by atoms with van der Waals surface area (Å²) in [6.45, 7) is 10.4. The summed E-state index contributed by atoms with van der Waals surface area (Å²) >= 11 is 1.58. The monoisotopic (exact) mass is 1050 g/mol. The fourth-order valence-corrected chi connectivity index (χ4v) is 13.2. The molecule has 3 aliphatic heterocycles. The van der Waals surface area contributed by atoms with Crippen LogP contribution in [0.15, 0.2) is 103 Å². The molecule has 3 amide bonds. The smallest absolute Gasteiger partial charge is 0.246 e. The highest BCUT2D eigenvalue weighted by Crippen LogP contribution is 2.51. The van der Waals surface area contributed by atoms with E-state index in [2.05, 4.69) is 15.6 Å². The van der Waals surface area contributed by atoms with Crippen LogP contribution in [0.5, 0.6) is 17.2 Å². The number of anilines is 1. The molecule has 74 heavy (non-hydrogen) atoms. The summed E-state index contributed by atoms with van der Waals surface area (Å²) in [6, 6.07) is 26.8. The standard InChI is InChI=1S/C57H69N5O10S2/c1-6-62(74(69,70)48-32-47-50(38-18-24-42(63)25-19-38)51(52(48)72-47)39-20-26-43(64)27-21-39)41-22-28-45(29-23-41)71-30-12-10-8-7-9-11-13-49(66)60-54(57(3,4)5)56(68)61-34-44(65)31-46(61)55(67)58-33-37-14-16-40(17-15-37)53-36(2)59-35-73-53/h14-29,35,44,46-48,52,54,63-65H,6-13,30-34H2,1-5H3,(H,58,67)(H,60,66)/t44-,46+,47?,48?,52?,54-/m1/s1. The van der Waals surface area contributed by atoms with E-state index >= 15 is 0 Å². The number of phenols is 2. The van der Waals surface area contributed by atoms with Gasteiger partial charge in [-0.15, -0.1) is 11.3 Å². The molecule has 0 spiro atoms. The fourth-order valence-electron chi connectivity index (χ4n) is 10.3. The van der Waals surface area contributed by atoms with Gasteiger partial charge in [0, 0.05) is 32.5 Å². The van der Waals surface area contributed by atoms with E-state index in [9.17, 15) is 38.1 Å². The quantitative estimate of drug-likeness (QED) is 0.0414. The number of aliphatic hydroxyl groups is 1. The molecular formula is C57H69N5O10S2. The van der Waals surface area contributed by atoms with Gasteiger partial charge in [0.1, 0.15) is 40.7 Å². The maximum absolute atomic E-state index is 14.5. The van der Waals surface area contributed by atoms with Crippen molar-refractivity contribution >= 4 is 55.9 Å². The Morgan fingerprint density at radius 2 is 1.45 bits per heavy atom. The van der Waals surface area contributed by atoms with Crippen LogP contribution in [0.4, 0.5) is 5.69 Å². The average molecular weight is 1050 g/mol. The van der Waals surface area contributed by atoms with Crippen molar-refractivity contribution in [2.45, 2.75) is 135 Å². The number of fused-ring (bicyclic) bond motifs is 2. The Hall–Kier alpha value is -6.27. The van der Waals surface area contributed by atoms with E-state index in [-0.39, 0.29) is 68.1 Å². The van der Waals surface area contributed by atoms with E-state index in [0.29, 0.717) is 24.5 Å². The molecule has 2 saturated heterocycles. The van der Waals surface area contributed by atoms with Crippen molar-refractivity contribution in [3.05, 3.63) is 125 Å². The summed E-state index contributed by atoms with van der Waals surface area (Å²) in [6.07, 6.45) is 3.77. The highest BCUT2D eigenvalue weighted by molar-refractivity contribution is 7.93. The van der Waals surface area contributed by atoms with Gasteiger partial charge in [-0.05, 0) is 120 Å². The molecule has 1 aromatic heterocycles. The van der Waals surface area contributed by atoms with Gasteiger partial charge in [0.2, 0.25) is 27.7 Å². The molecule has 2 fully saturated rings. The fraction of sp³-hybridized carbons (Fsp3) is 0.439. The second-order valence-corrected chi connectivity index (χ2v) is 23.5. The number of ether oxygens (including phenoxy) is 2. The molecule has 0 saturated carbocycles. The number of rotatable bonds is 22. The Labute approximate surface area is 438 Å². The van der Waals surface area contributed by atoms with Gasteiger partial charge >= 0.3 is 0 Å². The first-order valence-corrected chi connectivity index (χ1v) is 28.1. The number of aliphatic hydroxyl groups excluding tert-OH is 1. The van der Waals surface area contributed by atoms with Crippen LogP contribution >= 0.6 is 11.3 Å². The summed E-state index contributed by atoms with van der Waals surface area (Å²) < 4.78 is 42.8. The normalized spacial score (nSPS) is 19.9. The lowest BCUT2D eigenvalue weighted by Gasteiger charge is -2.35.